The van der Waals surface area contributed by atoms with Gasteiger partial charge in [0.15, 0.2) is 5.69 Å². The van der Waals surface area contributed by atoms with Crippen LogP contribution >= 0.6 is 11.3 Å². The first-order chi connectivity index (χ1) is 15.2. The average molecular weight is 426 g/mol. The maximum Gasteiger partial charge on any atom is 0.277 e. The van der Waals surface area contributed by atoms with Crippen LogP contribution in [0, 0.1) is 0 Å². The van der Waals surface area contributed by atoms with E-state index in [4.69, 9.17) is 5.73 Å². The number of thiophene rings is 1. The van der Waals surface area contributed by atoms with Crippen molar-refractivity contribution in [1.82, 2.24) is 15.0 Å². The molecule has 3 N–H and O–H groups in total. The summed E-state index contributed by atoms with van der Waals surface area (Å²) in [6.07, 6.45) is 1.65. The minimum Gasteiger partial charge on any atom is -0.397 e. The maximum absolute atomic E-state index is 12.8. The minimum absolute atomic E-state index is 0.237. The molecular formula is C24H19N5OS. The van der Waals surface area contributed by atoms with Crippen molar-refractivity contribution in [2.45, 2.75) is 6.54 Å². The number of aromatic nitrogens is 3. The second-order valence-electron chi connectivity index (χ2n) is 7.21. The molecule has 0 fully saturated rings. The van der Waals surface area contributed by atoms with Gasteiger partial charge in [0.2, 0.25) is 0 Å². The van der Waals surface area contributed by atoms with Crippen LogP contribution in [0.1, 0.15) is 16.1 Å². The summed E-state index contributed by atoms with van der Waals surface area (Å²) in [5.41, 5.74) is 10.6. The Morgan fingerprint density at radius 2 is 1.90 bits per heavy atom. The van der Waals surface area contributed by atoms with Gasteiger partial charge in [-0.25, -0.2) is 4.68 Å². The van der Waals surface area contributed by atoms with Gasteiger partial charge in [0, 0.05) is 0 Å². The van der Waals surface area contributed by atoms with E-state index < -0.39 is 0 Å². The third-order valence-electron chi connectivity index (χ3n) is 5.14. The van der Waals surface area contributed by atoms with Gasteiger partial charge in [0.05, 0.1) is 24.1 Å². The van der Waals surface area contributed by atoms with Crippen LogP contribution in [-0.2, 0) is 6.54 Å². The quantitative estimate of drug-likeness (QED) is 0.386. The Labute approximate surface area is 183 Å². The van der Waals surface area contributed by atoms with Crippen LogP contribution in [0.2, 0.25) is 0 Å². The van der Waals surface area contributed by atoms with Crippen molar-refractivity contribution in [3.63, 3.8) is 0 Å². The van der Waals surface area contributed by atoms with Gasteiger partial charge in [-0.05, 0) is 56.4 Å². The van der Waals surface area contributed by atoms with Crippen LogP contribution in [0.4, 0.5) is 11.4 Å². The van der Waals surface area contributed by atoms with Crippen LogP contribution in [0.3, 0.4) is 0 Å². The third kappa shape index (κ3) is 3.91. The summed E-state index contributed by atoms with van der Waals surface area (Å²) < 4.78 is 1.67. The number of nitrogens with one attached hydrogen (secondary N) is 1. The molecule has 1 amide bonds. The standard InChI is InChI=1S/C24H19N5OS/c25-21-9-8-17(19-10-11-31-15-19)12-22(21)26-24(30)23-14-29(28-27-23)13-18-6-3-5-16-4-1-2-7-20(16)18/h1-12,14-15H,13,25H2,(H,26,30). The Morgan fingerprint density at radius 3 is 2.77 bits per heavy atom. The molecule has 0 aliphatic rings. The summed E-state index contributed by atoms with van der Waals surface area (Å²) in [5, 5.41) is 17.4. The first-order valence-electron chi connectivity index (χ1n) is 9.77. The van der Waals surface area contributed by atoms with Crippen molar-refractivity contribution in [3.8, 4) is 11.1 Å². The molecule has 5 aromatic rings. The number of carbonyl (C=O) groups excluding carboxylic acids is 1. The first-order valence-corrected chi connectivity index (χ1v) is 10.7. The second kappa shape index (κ2) is 8.04. The van der Waals surface area contributed by atoms with Crippen LogP contribution < -0.4 is 11.1 Å². The molecule has 0 radical (unpaired) electrons. The van der Waals surface area contributed by atoms with E-state index in [0.717, 1.165) is 22.1 Å². The molecule has 0 unspecified atom stereocenters. The lowest BCUT2D eigenvalue weighted by atomic mass is 10.0. The molecule has 152 valence electrons. The Hall–Kier alpha value is -3.97. The predicted octanol–water partition coefficient (Wildman–Crippen LogP) is 5.04. The number of hydrogen-bond donors (Lipinski definition) is 2. The van der Waals surface area contributed by atoms with Crippen molar-refractivity contribution < 1.29 is 4.79 Å². The molecule has 2 heterocycles. The molecule has 0 bridgehead atoms. The van der Waals surface area contributed by atoms with Gasteiger partial charge in [-0.1, -0.05) is 53.7 Å². The number of hydrogen-bond acceptors (Lipinski definition) is 5. The van der Waals surface area contributed by atoms with E-state index in [2.05, 4.69) is 45.3 Å². The zero-order chi connectivity index (χ0) is 21.2. The minimum atomic E-state index is -0.349. The van der Waals surface area contributed by atoms with Crippen molar-refractivity contribution in [2.75, 3.05) is 11.1 Å². The van der Waals surface area contributed by atoms with Gasteiger partial charge in [-0.3, -0.25) is 4.79 Å². The zero-order valence-corrected chi connectivity index (χ0v) is 17.3. The lowest BCUT2D eigenvalue weighted by molar-refractivity contribution is 0.102. The lowest BCUT2D eigenvalue weighted by Crippen LogP contribution is -2.13. The second-order valence-corrected chi connectivity index (χ2v) is 7.99. The number of amides is 1. The number of fused-ring (bicyclic) bond motifs is 1. The molecule has 0 aliphatic heterocycles. The topological polar surface area (TPSA) is 85.8 Å². The SMILES string of the molecule is Nc1ccc(-c2ccsc2)cc1NC(=O)c1cn(Cc2cccc3ccccc23)nn1. The smallest absolute Gasteiger partial charge is 0.277 e. The van der Waals surface area contributed by atoms with Gasteiger partial charge in [0.1, 0.15) is 0 Å². The molecular weight excluding hydrogens is 406 g/mol. The normalized spacial score (nSPS) is 11.0. The van der Waals surface area contributed by atoms with Gasteiger partial charge in [-0.15, -0.1) is 5.10 Å². The number of rotatable bonds is 5. The number of nitrogens with zero attached hydrogens (tertiary/aromatic N) is 3. The van der Waals surface area contributed by atoms with Gasteiger partial charge in [0.25, 0.3) is 5.91 Å². The van der Waals surface area contributed by atoms with E-state index in [-0.39, 0.29) is 11.6 Å². The molecule has 0 atom stereocenters. The number of anilines is 2. The van der Waals surface area contributed by atoms with Crippen LogP contribution in [0.15, 0.2) is 83.7 Å². The molecule has 0 saturated heterocycles. The Balaban J connectivity index is 1.35. The largest absolute Gasteiger partial charge is 0.397 e. The highest BCUT2D eigenvalue weighted by Gasteiger charge is 2.14. The molecule has 2 aromatic heterocycles. The summed E-state index contributed by atoms with van der Waals surface area (Å²) in [5.74, 6) is -0.349. The number of carbonyl (C=O) groups is 1. The highest BCUT2D eigenvalue weighted by Crippen LogP contribution is 2.29. The average Bonchev–Trinajstić information content (AvgIpc) is 3.48. The van der Waals surface area contributed by atoms with E-state index in [1.54, 1.807) is 28.3 Å². The highest BCUT2D eigenvalue weighted by atomic mass is 32.1. The van der Waals surface area contributed by atoms with E-state index in [9.17, 15) is 4.79 Å². The van der Waals surface area contributed by atoms with E-state index >= 15 is 0 Å². The van der Waals surface area contributed by atoms with Crippen molar-refractivity contribution >= 4 is 39.4 Å². The number of benzene rings is 3. The molecule has 6 nitrogen and oxygen atoms in total. The fraction of sp³-hybridized carbons (Fsp3) is 0.0417. The summed E-state index contributed by atoms with van der Waals surface area (Å²) in [4.78, 5) is 12.8. The molecule has 31 heavy (non-hydrogen) atoms. The summed E-state index contributed by atoms with van der Waals surface area (Å²) >= 11 is 1.62. The van der Waals surface area contributed by atoms with Gasteiger partial charge < -0.3 is 11.1 Å². The van der Waals surface area contributed by atoms with E-state index in [0.29, 0.717) is 17.9 Å². The van der Waals surface area contributed by atoms with Crippen molar-refractivity contribution in [2.24, 2.45) is 0 Å². The number of nitrogen functional groups attached to an aromatic ring is 1. The lowest BCUT2D eigenvalue weighted by Gasteiger charge is -2.09. The van der Waals surface area contributed by atoms with E-state index in [1.165, 1.54) is 5.39 Å². The third-order valence-corrected chi connectivity index (χ3v) is 5.82. The molecule has 7 heteroatoms. The molecule has 5 rings (SSSR count). The highest BCUT2D eigenvalue weighted by molar-refractivity contribution is 7.08. The van der Waals surface area contributed by atoms with Crippen LogP contribution in [0.25, 0.3) is 21.9 Å². The zero-order valence-electron chi connectivity index (χ0n) is 16.5. The summed E-state index contributed by atoms with van der Waals surface area (Å²) in [7, 11) is 0. The fourth-order valence-corrected chi connectivity index (χ4v) is 4.21. The molecule has 0 saturated carbocycles. The van der Waals surface area contributed by atoms with E-state index in [1.807, 2.05) is 41.8 Å². The van der Waals surface area contributed by atoms with Gasteiger partial charge in [-0.2, -0.15) is 11.3 Å². The maximum atomic E-state index is 12.8. The fourth-order valence-electron chi connectivity index (χ4n) is 3.54. The molecule has 0 spiro atoms. The Bertz CT molecular complexity index is 1370. The summed E-state index contributed by atoms with van der Waals surface area (Å²) in [6, 6.07) is 22.0. The van der Waals surface area contributed by atoms with Crippen molar-refractivity contribution in [1.29, 1.82) is 0 Å². The number of nitrogens with two attached hydrogens (primary N) is 1. The Kier molecular flexibility index (Phi) is 4.93. The molecule has 0 aliphatic carbocycles. The summed E-state index contributed by atoms with van der Waals surface area (Å²) in [6.45, 7) is 0.525. The van der Waals surface area contributed by atoms with Gasteiger partial charge >= 0.3 is 0 Å². The van der Waals surface area contributed by atoms with Crippen LogP contribution in [-0.4, -0.2) is 20.9 Å². The van der Waals surface area contributed by atoms with Crippen LogP contribution in [0.5, 0.6) is 0 Å². The monoisotopic (exact) mass is 425 g/mol. The van der Waals surface area contributed by atoms with Crippen molar-refractivity contribution in [3.05, 3.63) is 94.9 Å². The predicted molar refractivity (Wildman–Crippen MR) is 125 cm³/mol. The first kappa shape index (κ1) is 19.0. The Morgan fingerprint density at radius 1 is 1.03 bits per heavy atom. The molecule has 3 aromatic carbocycles.